The third kappa shape index (κ3) is 2.10. The highest BCUT2D eigenvalue weighted by Crippen LogP contribution is 2.25. The second-order valence-electron chi connectivity index (χ2n) is 5.30. The lowest BCUT2D eigenvalue weighted by Crippen LogP contribution is -2.14. The van der Waals surface area contributed by atoms with Crippen molar-refractivity contribution in [3.8, 4) is 0 Å². The van der Waals surface area contributed by atoms with E-state index in [1.165, 1.54) is 0 Å². The lowest BCUT2D eigenvalue weighted by molar-refractivity contribution is 0.183. The van der Waals surface area contributed by atoms with Gasteiger partial charge in [0.2, 0.25) is 5.95 Å². The number of ether oxygens (including phenoxy) is 1. The van der Waals surface area contributed by atoms with Crippen LogP contribution in [0.25, 0.3) is 11.2 Å². The van der Waals surface area contributed by atoms with E-state index in [-0.39, 0.29) is 0 Å². The predicted molar refractivity (Wildman–Crippen MR) is 73.8 cm³/mol. The molecule has 3 rings (SSSR count). The van der Waals surface area contributed by atoms with Gasteiger partial charge in [-0.25, -0.2) is 4.98 Å². The summed E-state index contributed by atoms with van der Waals surface area (Å²) >= 11 is 0. The molecule has 2 aromatic heterocycles. The molecule has 0 radical (unpaired) electrons. The molecule has 104 valence electrons. The number of nitrogen functional groups attached to an aromatic ring is 1. The zero-order valence-electron chi connectivity index (χ0n) is 11.6. The van der Waals surface area contributed by atoms with E-state index in [0.717, 1.165) is 55.9 Å². The van der Waals surface area contributed by atoms with Crippen LogP contribution in [0.2, 0.25) is 0 Å². The van der Waals surface area contributed by atoms with Gasteiger partial charge in [-0.1, -0.05) is 13.3 Å². The summed E-state index contributed by atoms with van der Waals surface area (Å²) in [5.74, 6) is 1.12. The summed E-state index contributed by atoms with van der Waals surface area (Å²) in [6.07, 6.45) is 3.11. The van der Waals surface area contributed by atoms with E-state index in [1.807, 2.05) is 11.7 Å². The summed E-state index contributed by atoms with van der Waals surface area (Å²) in [5, 5.41) is 4.56. The zero-order valence-corrected chi connectivity index (χ0v) is 11.6. The van der Waals surface area contributed by atoms with Crippen molar-refractivity contribution < 1.29 is 4.74 Å². The van der Waals surface area contributed by atoms with Crippen molar-refractivity contribution in [2.75, 3.05) is 18.9 Å². The number of imidazole rings is 1. The molecule has 0 aliphatic carbocycles. The summed E-state index contributed by atoms with van der Waals surface area (Å²) in [4.78, 5) is 4.51. The second kappa shape index (κ2) is 4.85. The van der Waals surface area contributed by atoms with Crippen LogP contribution in [0.15, 0.2) is 0 Å². The van der Waals surface area contributed by atoms with Gasteiger partial charge in [-0.3, -0.25) is 9.25 Å². The van der Waals surface area contributed by atoms with E-state index >= 15 is 0 Å². The lowest BCUT2D eigenvalue weighted by Gasteiger charge is -2.11. The first-order valence-electron chi connectivity index (χ1n) is 6.96. The molecule has 0 amide bonds. The molecule has 1 atom stereocenters. The van der Waals surface area contributed by atoms with Crippen LogP contribution in [0, 0.1) is 5.92 Å². The topological polar surface area (TPSA) is 70.9 Å². The van der Waals surface area contributed by atoms with E-state index in [2.05, 4.69) is 21.6 Å². The van der Waals surface area contributed by atoms with Crippen molar-refractivity contribution in [3.63, 3.8) is 0 Å². The van der Waals surface area contributed by atoms with Gasteiger partial charge in [0.05, 0.1) is 12.3 Å². The highest BCUT2D eigenvalue weighted by atomic mass is 16.5. The Bertz CT molecular complexity index is 579. The van der Waals surface area contributed by atoms with E-state index in [9.17, 15) is 0 Å². The van der Waals surface area contributed by atoms with Gasteiger partial charge in [0.15, 0.2) is 5.65 Å². The molecule has 0 aromatic carbocycles. The Morgan fingerprint density at radius 3 is 3.00 bits per heavy atom. The Kier molecular flexibility index (Phi) is 3.18. The fourth-order valence-electron chi connectivity index (χ4n) is 2.83. The van der Waals surface area contributed by atoms with Crippen LogP contribution in [0.5, 0.6) is 0 Å². The Balaban J connectivity index is 2.00. The molecule has 1 fully saturated rings. The molecule has 0 saturated carbocycles. The van der Waals surface area contributed by atoms with Crippen LogP contribution in [0.3, 0.4) is 0 Å². The van der Waals surface area contributed by atoms with Crippen LogP contribution in [-0.4, -0.2) is 32.5 Å². The Hall–Kier alpha value is -1.56. The quantitative estimate of drug-likeness (QED) is 0.903. The number of rotatable bonds is 4. The summed E-state index contributed by atoms with van der Waals surface area (Å²) in [6.45, 7) is 4.69. The minimum absolute atomic E-state index is 0.532. The number of hydrogen-bond donors (Lipinski definition) is 1. The molecule has 3 heterocycles. The van der Waals surface area contributed by atoms with Crippen molar-refractivity contribution in [1.29, 1.82) is 0 Å². The number of nitrogens with zero attached hydrogens (tertiary/aromatic N) is 4. The van der Waals surface area contributed by atoms with E-state index in [1.54, 1.807) is 0 Å². The molecular formula is C13H21N5O. The summed E-state index contributed by atoms with van der Waals surface area (Å²) in [6, 6.07) is 0. The molecule has 0 spiro atoms. The molecule has 0 bridgehead atoms. The normalized spacial score (nSPS) is 19.6. The molecule has 19 heavy (non-hydrogen) atoms. The highest BCUT2D eigenvalue weighted by molar-refractivity contribution is 5.77. The fraction of sp³-hybridized carbons (Fsp3) is 0.692. The van der Waals surface area contributed by atoms with Gasteiger partial charge < -0.3 is 10.5 Å². The van der Waals surface area contributed by atoms with Gasteiger partial charge in [-0.05, 0) is 12.8 Å². The summed E-state index contributed by atoms with van der Waals surface area (Å²) < 4.78 is 9.42. The molecule has 6 nitrogen and oxygen atoms in total. The number of nitrogens with two attached hydrogens (primary N) is 1. The Labute approximate surface area is 112 Å². The molecule has 2 N–H and O–H groups in total. The van der Waals surface area contributed by atoms with Gasteiger partial charge >= 0.3 is 0 Å². The standard InChI is InChI=1S/C13H21N5O/c1-3-4-10-11-12(17(2)16-10)18(13(14)15-11)7-9-5-6-19-8-9/h9H,3-8H2,1-2H3,(H2,14,15). The third-order valence-corrected chi connectivity index (χ3v) is 3.77. The Morgan fingerprint density at radius 2 is 2.32 bits per heavy atom. The number of aryl methyl sites for hydroxylation is 2. The van der Waals surface area contributed by atoms with Gasteiger partial charge in [0.25, 0.3) is 0 Å². The molecule has 1 unspecified atom stereocenters. The van der Waals surface area contributed by atoms with E-state index < -0.39 is 0 Å². The van der Waals surface area contributed by atoms with Crippen molar-refractivity contribution in [1.82, 2.24) is 19.3 Å². The minimum Gasteiger partial charge on any atom is -0.381 e. The zero-order chi connectivity index (χ0) is 13.4. The van der Waals surface area contributed by atoms with Crippen LogP contribution in [0.1, 0.15) is 25.5 Å². The Morgan fingerprint density at radius 1 is 1.47 bits per heavy atom. The minimum atomic E-state index is 0.532. The number of fused-ring (bicyclic) bond motifs is 1. The number of aromatic nitrogens is 4. The summed E-state index contributed by atoms with van der Waals surface area (Å²) in [7, 11) is 1.96. The largest absolute Gasteiger partial charge is 0.381 e. The first-order valence-corrected chi connectivity index (χ1v) is 6.96. The maximum absolute atomic E-state index is 6.08. The van der Waals surface area contributed by atoms with E-state index in [0.29, 0.717) is 11.9 Å². The molecule has 1 saturated heterocycles. The van der Waals surface area contributed by atoms with Gasteiger partial charge in [-0.2, -0.15) is 5.10 Å². The maximum atomic E-state index is 6.08. The number of anilines is 1. The number of hydrogen-bond acceptors (Lipinski definition) is 4. The van der Waals surface area contributed by atoms with Crippen molar-refractivity contribution in [3.05, 3.63) is 5.69 Å². The molecule has 1 aliphatic rings. The highest BCUT2D eigenvalue weighted by Gasteiger charge is 2.22. The molecule has 6 heteroatoms. The average Bonchev–Trinajstić information content (AvgIpc) is 3.04. The second-order valence-corrected chi connectivity index (χ2v) is 5.30. The van der Waals surface area contributed by atoms with E-state index in [4.69, 9.17) is 10.5 Å². The van der Waals surface area contributed by atoms with Crippen LogP contribution in [0.4, 0.5) is 5.95 Å². The monoisotopic (exact) mass is 263 g/mol. The van der Waals surface area contributed by atoms with Gasteiger partial charge in [-0.15, -0.1) is 0 Å². The smallest absolute Gasteiger partial charge is 0.202 e. The maximum Gasteiger partial charge on any atom is 0.202 e. The van der Waals surface area contributed by atoms with Crippen molar-refractivity contribution >= 4 is 17.1 Å². The molecule has 1 aliphatic heterocycles. The first-order chi connectivity index (χ1) is 9.20. The van der Waals surface area contributed by atoms with Crippen molar-refractivity contribution in [2.24, 2.45) is 13.0 Å². The van der Waals surface area contributed by atoms with Crippen LogP contribution < -0.4 is 5.73 Å². The van der Waals surface area contributed by atoms with Crippen LogP contribution >= 0.6 is 0 Å². The molecular weight excluding hydrogens is 242 g/mol. The average molecular weight is 263 g/mol. The first kappa shape index (κ1) is 12.5. The SMILES string of the molecule is CCCc1nn(C)c2c1nc(N)n2CC1CCOC1. The van der Waals surface area contributed by atoms with Gasteiger partial charge in [0, 0.05) is 26.1 Å². The molecule has 2 aromatic rings. The van der Waals surface area contributed by atoms with Gasteiger partial charge in [0.1, 0.15) is 5.52 Å². The fourth-order valence-corrected chi connectivity index (χ4v) is 2.83. The summed E-state index contributed by atoms with van der Waals surface area (Å²) in [5.41, 5.74) is 9.12. The lowest BCUT2D eigenvalue weighted by atomic mass is 10.1. The van der Waals surface area contributed by atoms with Crippen molar-refractivity contribution in [2.45, 2.75) is 32.7 Å². The van der Waals surface area contributed by atoms with Crippen LogP contribution in [-0.2, 0) is 24.8 Å². The predicted octanol–water partition coefficient (Wildman–Crippen LogP) is 1.34. The third-order valence-electron chi connectivity index (χ3n) is 3.77.